The minimum Gasteiger partial charge on any atom is -0.493 e. The molecule has 0 bridgehead atoms. The Hall–Kier alpha value is -3.98. The molecule has 1 unspecified atom stereocenters. The van der Waals surface area contributed by atoms with Crippen molar-refractivity contribution in [3.63, 3.8) is 0 Å². The lowest BCUT2D eigenvalue weighted by Crippen LogP contribution is -2.29. The van der Waals surface area contributed by atoms with Crippen molar-refractivity contribution >= 4 is 33.3 Å². The van der Waals surface area contributed by atoms with E-state index in [1.807, 2.05) is 13.0 Å². The quantitative estimate of drug-likeness (QED) is 0.396. The van der Waals surface area contributed by atoms with E-state index in [0.29, 0.717) is 39.8 Å². The van der Waals surface area contributed by atoms with Crippen molar-refractivity contribution in [1.29, 1.82) is 0 Å². The smallest absolute Gasteiger partial charge is 0.297 e. The topological polar surface area (TPSA) is 94.8 Å². The third kappa shape index (κ3) is 3.37. The molecular formula is C24H19N3O5S. The van der Waals surface area contributed by atoms with Gasteiger partial charge in [0.2, 0.25) is 10.9 Å². The molecule has 3 heterocycles. The summed E-state index contributed by atoms with van der Waals surface area (Å²) in [5.41, 5.74) is 3.47. The van der Waals surface area contributed by atoms with Gasteiger partial charge in [-0.3, -0.25) is 14.5 Å². The first-order valence-corrected chi connectivity index (χ1v) is 11.0. The number of nitrogens with zero attached hydrogens (tertiary/aromatic N) is 3. The van der Waals surface area contributed by atoms with Gasteiger partial charge in [0.1, 0.15) is 17.7 Å². The summed E-state index contributed by atoms with van der Waals surface area (Å²) in [7, 11) is 1.53. The van der Waals surface area contributed by atoms with E-state index in [2.05, 4.69) is 16.8 Å². The molecule has 1 aliphatic rings. The van der Waals surface area contributed by atoms with Crippen molar-refractivity contribution in [3.05, 3.63) is 87.2 Å². The maximum absolute atomic E-state index is 13.6. The second-order valence-electron chi connectivity index (χ2n) is 7.48. The molecule has 0 saturated heterocycles. The summed E-state index contributed by atoms with van der Waals surface area (Å²) in [6.07, 6.45) is 1.63. The summed E-state index contributed by atoms with van der Waals surface area (Å²) in [5.74, 6) is 0.544. The van der Waals surface area contributed by atoms with Crippen LogP contribution in [0.1, 0.15) is 33.3 Å². The van der Waals surface area contributed by atoms with Gasteiger partial charge < -0.3 is 13.9 Å². The zero-order chi connectivity index (χ0) is 23.1. The van der Waals surface area contributed by atoms with E-state index in [-0.39, 0.29) is 16.8 Å². The van der Waals surface area contributed by atoms with Crippen LogP contribution in [0.2, 0.25) is 0 Å². The Balaban J connectivity index is 1.75. The predicted octanol–water partition coefficient (Wildman–Crippen LogP) is 4.28. The maximum Gasteiger partial charge on any atom is 0.297 e. The lowest BCUT2D eigenvalue weighted by atomic mass is 9.98. The van der Waals surface area contributed by atoms with E-state index in [1.165, 1.54) is 28.9 Å². The number of rotatable bonds is 6. The van der Waals surface area contributed by atoms with Crippen LogP contribution in [0.3, 0.4) is 0 Å². The molecule has 0 N–H and O–H groups in total. The molecule has 1 atom stereocenters. The number of fused-ring (bicyclic) bond motifs is 2. The molecule has 0 saturated carbocycles. The van der Waals surface area contributed by atoms with Gasteiger partial charge in [-0.2, -0.15) is 0 Å². The summed E-state index contributed by atoms with van der Waals surface area (Å²) < 4.78 is 17.1. The molecule has 4 aromatic rings. The van der Waals surface area contributed by atoms with Crippen molar-refractivity contribution in [2.24, 2.45) is 0 Å². The minimum atomic E-state index is -0.760. The van der Waals surface area contributed by atoms with Gasteiger partial charge in [0.15, 0.2) is 16.9 Å². The van der Waals surface area contributed by atoms with E-state index in [0.717, 1.165) is 5.56 Å². The van der Waals surface area contributed by atoms with Gasteiger partial charge in [-0.15, -0.1) is 10.2 Å². The van der Waals surface area contributed by atoms with Crippen LogP contribution in [0.15, 0.2) is 63.8 Å². The summed E-state index contributed by atoms with van der Waals surface area (Å²) in [6.45, 7) is 5.87. The first kappa shape index (κ1) is 20.9. The number of amides is 1. The van der Waals surface area contributed by atoms with Crippen molar-refractivity contribution in [1.82, 2.24) is 10.2 Å². The highest BCUT2D eigenvalue weighted by molar-refractivity contribution is 7.13. The fourth-order valence-electron chi connectivity index (χ4n) is 3.99. The van der Waals surface area contributed by atoms with Crippen molar-refractivity contribution in [2.75, 3.05) is 18.6 Å². The Labute approximate surface area is 192 Å². The number of carbonyl (C=O) groups excluding carboxylic acids is 1. The highest BCUT2D eigenvalue weighted by atomic mass is 32.1. The van der Waals surface area contributed by atoms with Crippen LogP contribution in [0.5, 0.6) is 11.5 Å². The third-order valence-electron chi connectivity index (χ3n) is 5.44. The highest BCUT2D eigenvalue weighted by Crippen LogP contribution is 2.43. The van der Waals surface area contributed by atoms with Crippen LogP contribution in [-0.4, -0.2) is 29.8 Å². The Kier molecular flexibility index (Phi) is 5.18. The Morgan fingerprint density at radius 3 is 2.79 bits per heavy atom. The highest BCUT2D eigenvalue weighted by Gasteiger charge is 2.45. The molecule has 0 spiro atoms. The number of hydrogen-bond acceptors (Lipinski definition) is 8. The van der Waals surface area contributed by atoms with Crippen LogP contribution in [0.25, 0.3) is 11.0 Å². The number of anilines is 1. The normalized spacial score (nSPS) is 15.0. The number of benzene rings is 2. The fraction of sp³-hybridized carbons (Fsp3) is 0.167. The number of aromatic nitrogens is 2. The lowest BCUT2D eigenvalue weighted by Gasteiger charge is -2.23. The van der Waals surface area contributed by atoms with Crippen molar-refractivity contribution in [2.45, 2.75) is 13.0 Å². The van der Waals surface area contributed by atoms with Gasteiger partial charge in [-0.25, -0.2) is 0 Å². The Morgan fingerprint density at radius 2 is 2.06 bits per heavy atom. The number of hydrogen-bond donors (Lipinski definition) is 0. The molecule has 166 valence electrons. The Bertz CT molecular complexity index is 1440. The number of methoxy groups -OCH3 is 1. The standard InChI is InChI=1S/C24H19N3O5S/c1-4-9-31-17-8-6-14(11-18(17)30-3)20-19-21(28)15-10-13(2)5-7-16(15)32-22(19)23(29)27(20)24-26-25-12-33-24/h4-8,10-12,20H,1,9H2,2-3H3. The van der Waals surface area contributed by atoms with Crippen LogP contribution in [0, 0.1) is 6.92 Å². The average Bonchev–Trinajstić information content (AvgIpc) is 3.45. The van der Waals surface area contributed by atoms with E-state index in [4.69, 9.17) is 13.9 Å². The molecule has 9 heteroatoms. The first-order chi connectivity index (χ1) is 16.0. The minimum absolute atomic E-state index is 0.00232. The number of aryl methyl sites for hydroxylation is 1. The zero-order valence-electron chi connectivity index (χ0n) is 17.9. The van der Waals surface area contributed by atoms with Gasteiger partial charge in [-0.1, -0.05) is 41.7 Å². The molecule has 2 aromatic heterocycles. The van der Waals surface area contributed by atoms with Gasteiger partial charge in [0, 0.05) is 0 Å². The van der Waals surface area contributed by atoms with Gasteiger partial charge in [0.25, 0.3) is 5.91 Å². The summed E-state index contributed by atoms with van der Waals surface area (Å²) in [6, 6.07) is 9.83. The molecule has 2 aromatic carbocycles. The van der Waals surface area contributed by atoms with Crippen LogP contribution >= 0.6 is 11.3 Å². The average molecular weight is 461 g/mol. The number of ether oxygens (including phenoxy) is 2. The molecule has 0 aliphatic carbocycles. The largest absolute Gasteiger partial charge is 0.493 e. The lowest BCUT2D eigenvalue weighted by molar-refractivity contribution is 0.0970. The first-order valence-electron chi connectivity index (χ1n) is 10.1. The molecule has 8 nitrogen and oxygen atoms in total. The van der Waals surface area contributed by atoms with E-state index >= 15 is 0 Å². The molecule has 0 fully saturated rings. The van der Waals surface area contributed by atoms with E-state index < -0.39 is 11.9 Å². The maximum atomic E-state index is 13.6. The second kappa shape index (κ2) is 8.18. The molecule has 0 radical (unpaired) electrons. The molecule has 33 heavy (non-hydrogen) atoms. The third-order valence-corrected chi connectivity index (χ3v) is 6.13. The zero-order valence-corrected chi connectivity index (χ0v) is 18.7. The second-order valence-corrected chi connectivity index (χ2v) is 8.29. The summed E-state index contributed by atoms with van der Waals surface area (Å²) in [5, 5.41) is 8.74. The van der Waals surface area contributed by atoms with Gasteiger partial charge >= 0.3 is 0 Å². The number of carbonyl (C=O) groups is 1. The van der Waals surface area contributed by atoms with E-state index in [9.17, 15) is 9.59 Å². The molecule has 1 aliphatic heterocycles. The Morgan fingerprint density at radius 1 is 1.21 bits per heavy atom. The summed E-state index contributed by atoms with van der Waals surface area (Å²) in [4.78, 5) is 28.6. The van der Waals surface area contributed by atoms with Crippen molar-refractivity contribution in [3.8, 4) is 11.5 Å². The van der Waals surface area contributed by atoms with Gasteiger partial charge in [-0.05, 0) is 36.8 Å². The van der Waals surface area contributed by atoms with Gasteiger partial charge in [0.05, 0.1) is 24.1 Å². The van der Waals surface area contributed by atoms with Crippen LogP contribution in [0.4, 0.5) is 5.13 Å². The predicted molar refractivity (Wildman–Crippen MR) is 124 cm³/mol. The summed E-state index contributed by atoms with van der Waals surface area (Å²) >= 11 is 1.20. The van der Waals surface area contributed by atoms with E-state index in [1.54, 1.807) is 36.4 Å². The van der Waals surface area contributed by atoms with Crippen LogP contribution < -0.4 is 19.8 Å². The molecule has 1 amide bonds. The molecule has 5 rings (SSSR count). The monoisotopic (exact) mass is 461 g/mol. The SMILES string of the molecule is C=CCOc1ccc(C2c3c(oc4ccc(C)cc4c3=O)C(=O)N2c2nncs2)cc1OC. The molecular weight excluding hydrogens is 442 g/mol. The van der Waals surface area contributed by atoms with Crippen LogP contribution in [-0.2, 0) is 0 Å². The van der Waals surface area contributed by atoms with Crippen molar-refractivity contribution < 1.29 is 18.7 Å². The fourth-order valence-corrected chi connectivity index (χ4v) is 4.58.